The van der Waals surface area contributed by atoms with Gasteiger partial charge in [-0.1, -0.05) is 19.9 Å². The maximum atomic E-state index is 14.0. The first kappa shape index (κ1) is 15.4. The van der Waals surface area contributed by atoms with E-state index < -0.39 is 29.0 Å². The minimum absolute atomic E-state index is 0.0157. The first-order valence-corrected chi connectivity index (χ1v) is 6.53. The van der Waals surface area contributed by atoms with Crippen LogP contribution in [0.5, 0.6) is 0 Å². The van der Waals surface area contributed by atoms with Crippen molar-refractivity contribution < 1.29 is 18.3 Å². The van der Waals surface area contributed by atoms with Gasteiger partial charge in [-0.15, -0.1) is 0 Å². The summed E-state index contributed by atoms with van der Waals surface area (Å²) in [4.78, 5) is 7.37. The summed E-state index contributed by atoms with van der Waals surface area (Å²) in [5.74, 6) is -3.12. The Kier molecular flexibility index (Phi) is 4.27. The molecule has 0 aliphatic rings. The van der Waals surface area contributed by atoms with Crippen LogP contribution >= 0.6 is 0 Å². The Labute approximate surface area is 120 Å². The molecule has 3 nitrogen and oxygen atoms in total. The molecule has 0 amide bonds. The molecule has 112 valence electrons. The third-order valence-corrected chi connectivity index (χ3v) is 3.76. The summed E-state index contributed by atoms with van der Waals surface area (Å²) in [6.45, 7) is 3.18. The molecule has 0 fully saturated rings. The van der Waals surface area contributed by atoms with Crippen molar-refractivity contribution in [3.63, 3.8) is 0 Å². The highest BCUT2D eigenvalue weighted by atomic mass is 19.1. The van der Waals surface area contributed by atoms with E-state index in [4.69, 9.17) is 0 Å². The third kappa shape index (κ3) is 2.76. The van der Waals surface area contributed by atoms with E-state index in [0.29, 0.717) is 6.07 Å². The number of benzene rings is 1. The van der Waals surface area contributed by atoms with Gasteiger partial charge >= 0.3 is 0 Å². The summed E-state index contributed by atoms with van der Waals surface area (Å²) >= 11 is 0. The molecule has 0 bridgehead atoms. The molecule has 0 saturated heterocycles. The molecule has 1 aromatic heterocycles. The maximum absolute atomic E-state index is 14.0. The third-order valence-electron chi connectivity index (χ3n) is 3.76. The van der Waals surface area contributed by atoms with Crippen molar-refractivity contribution in [3.05, 3.63) is 59.4 Å². The lowest BCUT2D eigenvalue weighted by Gasteiger charge is -2.33. The van der Waals surface area contributed by atoms with E-state index in [9.17, 15) is 18.3 Å². The second-order valence-electron chi connectivity index (χ2n) is 4.88. The lowest BCUT2D eigenvalue weighted by Crippen LogP contribution is -2.33. The smallest absolute Gasteiger partial charge is 0.163 e. The Morgan fingerprint density at radius 1 is 1.24 bits per heavy atom. The highest BCUT2D eigenvalue weighted by Crippen LogP contribution is 2.40. The van der Waals surface area contributed by atoms with Gasteiger partial charge in [0.05, 0.1) is 11.9 Å². The standard InChI is InChI=1S/C15H15F3N2O/c1-3-15(21,11-5-4-10(16)6-12(11)17)9(2)14-13(18)7-19-8-20-14/h4-9,21H,3H2,1-2H3/t9-,15+/m0/s1. The maximum Gasteiger partial charge on any atom is 0.163 e. The quantitative estimate of drug-likeness (QED) is 0.941. The van der Waals surface area contributed by atoms with Crippen molar-refractivity contribution >= 4 is 0 Å². The summed E-state index contributed by atoms with van der Waals surface area (Å²) < 4.78 is 40.8. The van der Waals surface area contributed by atoms with Crippen molar-refractivity contribution in [1.29, 1.82) is 0 Å². The van der Waals surface area contributed by atoms with Gasteiger partial charge in [0.1, 0.15) is 23.6 Å². The minimum Gasteiger partial charge on any atom is -0.384 e. The monoisotopic (exact) mass is 296 g/mol. The summed E-state index contributed by atoms with van der Waals surface area (Å²) in [6, 6.07) is 2.92. The number of aromatic nitrogens is 2. The largest absolute Gasteiger partial charge is 0.384 e. The van der Waals surface area contributed by atoms with Gasteiger partial charge < -0.3 is 5.11 Å². The molecule has 2 atom stereocenters. The zero-order chi connectivity index (χ0) is 15.6. The number of rotatable bonds is 4. The van der Waals surface area contributed by atoms with Crippen LogP contribution in [0.3, 0.4) is 0 Å². The van der Waals surface area contributed by atoms with E-state index in [1.807, 2.05) is 0 Å². The van der Waals surface area contributed by atoms with Crippen molar-refractivity contribution in [2.45, 2.75) is 31.8 Å². The Morgan fingerprint density at radius 2 is 1.95 bits per heavy atom. The van der Waals surface area contributed by atoms with E-state index in [0.717, 1.165) is 18.6 Å². The molecule has 0 spiro atoms. The van der Waals surface area contributed by atoms with Crippen LogP contribution < -0.4 is 0 Å². The molecule has 1 heterocycles. The molecule has 6 heteroatoms. The Bertz CT molecular complexity index is 651. The zero-order valence-electron chi connectivity index (χ0n) is 11.6. The first-order valence-electron chi connectivity index (χ1n) is 6.53. The molecular formula is C15H15F3N2O. The summed E-state index contributed by atoms with van der Waals surface area (Å²) in [5, 5.41) is 10.8. The van der Waals surface area contributed by atoms with Gasteiger partial charge in [0.25, 0.3) is 0 Å². The van der Waals surface area contributed by atoms with E-state index >= 15 is 0 Å². The van der Waals surface area contributed by atoms with Crippen molar-refractivity contribution in [3.8, 4) is 0 Å². The summed E-state index contributed by atoms with van der Waals surface area (Å²) in [7, 11) is 0. The van der Waals surface area contributed by atoms with E-state index in [1.54, 1.807) is 6.92 Å². The van der Waals surface area contributed by atoms with E-state index in [-0.39, 0.29) is 17.7 Å². The van der Waals surface area contributed by atoms with Gasteiger partial charge in [0.15, 0.2) is 5.82 Å². The van der Waals surface area contributed by atoms with Crippen LogP contribution in [0.2, 0.25) is 0 Å². The second-order valence-corrected chi connectivity index (χ2v) is 4.88. The Hall–Kier alpha value is -1.95. The van der Waals surface area contributed by atoms with E-state index in [2.05, 4.69) is 9.97 Å². The first-order chi connectivity index (χ1) is 9.90. The highest BCUT2D eigenvalue weighted by Gasteiger charge is 2.39. The van der Waals surface area contributed by atoms with Crippen LogP contribution in [0.4, 0.5) is 13.2 Å². The number of hydrogen-bond donors (Lipinski definition) is 1. The Morgan fingerprint density at radius 3 is 2.52 bits per heavy atom. The van der Waals surface area contributed by atoms with Crippen LogP contribution in [0.25, 0.3) is 0 Å². The average molecular weight is 296 g/mol. The van der Waals surface area contributed by atoms with E-state index in [1.165, 1.54) is 13.0 Å². The number of hydrogen-bond acceptors (Lipinski definition) is 3. The van der Waals surface area contributed by atoms with Gasteiger partial charge in [0, 0.05) is 17.5 Å². The fourth-order valence-corrected chi connectivity index (χ4v) is 2.44. The molecule has 1 aromatic carbocycles. The molecule has 1 N–H and O–H groups in total. The number of nitrogens with zero attached hydrogens (tertiary/aromatic N) is 2. The van der Waals surface area contributed by atoms with Gasteiger partial charge in [-0.25, -0.2) is 23.1 Å². The average Bonchev–Trinajstić information content (AvgIpc) is 2.46. The highest BCUT2D eigenvalue weighted by molar-refractivity contribution is 5.29. The molecule has 21 heavy (non-hydrogen) atoms. The fraction of sp³-hybridized carbons (Fsp3) is 0.333. The van der Waals surface area contributed by atoms with Crippen LogP contribution in [-0.4, -0.2) is 15.1 Å². The number of aliphatic hydroxyl groups is 1. The van der Waals surface area contributed by atoms with Crippen LogP contribution in [0.1, 0.15) is 37.4 Å². The predicted molar refractivity (Wildman–Crippen MR) is 71.0 cm³/mol. The number of halogens is 3. The van der Waals surface area contributed by atoms with Gasteiger partial charge in [-0.05, 0) is 12.5 Å². The van der Waals surface area contributed by atoms with Crippen molar-refractivity contribution in [1.82, 2.24) is 9.97 Å². The summed E-state index contributed by atoms with van der Waals surface area (Å²) in [6.07, 6.45) is 2.25. The molecule has 0 aliphatic carbocycles. The van der Waals surface area contributed by atoms with Crippen molar-refractivity contribution in [2.75, 3.05) is 0 Å². The molecule has 0 aliphatic heterocycles. The van der Waals surface area contributed by atoms with Crippen LogP contribution in [0, 0.1) is 17.5 Å². The molecule has 0 saturated carbocycles. The SMILES string of the molecule is CC[C@](O)(c1ccc(F)cc1F)[C@@H](C)c1ncncc1F. The fourth-order valence-electron chi connectivity index (χ4n) is 2.44. The molecule has 2 rings (SSSR count). The topological polar surface area (TPSA) is 46.0 Å². The predicted octanol–water partition coefficient (Wildman–Crippen LogP) is 3.30. The summed E-state index contributed by atoms with van der Waals surface area (Å²) in [5.41, 5.74) is -1.80. The van der Waals surface area contributed by atoms with Gasteiger partial charge in [-0.2, -0.15) is 0 Å². The van der Waals surface area contributed by atoms with Crippen LogP contribution in [0.15, 0.2) is 30.7 Å². The van der Waals surface area contributed by atoms with Crippen LogP contribution in [-0.2, 0) is 5.60 Å². The molecule has 0 radical (unpaired) electrons. The molecule has 2 aromatic rings. The molecule has 0 unspecified atom stereocenters. The second kappa shape index (κ2) is 5.81. The lowest BCUT2D eigenvalue weighted by molar-refractivity contribution is 0.00273. The normalized spacial score (nSPS) is 15.5. The van der Waals surface area contributed by atoms with Gasteiger partial charge in [0.2, 0.25) is 0 Å². The Balaban J connectivity index is 2.53. The zero-order valence-corrected chi connectivity index (χ0v) is 11.6. The molecular weight excluding hydrogens is 281 g/mol. The lowest BCUT2D eigenvalue weighted by atomic mass is 9.78. The van der Waals surface area contributed by atoms with Gasteiger partial charge in [-0.3, -0.25) is 0 Å². The van der Waals surface area contributed by atoms with Crippen molar-refractivity contribution in [2.24, 2.45) is 0 Å². The minimum atomic E-state index is -1.70.